The van der Waals surface area contributed by atoms with Crippen LogP contribution < -0.4 is 21.4 Å². The van der Waals surface area contributed by atoms with Crippen LogP contribution in [0.3, 0.4) is 0 Å². The first-order chi connectivity index (χ1) is 12.6. The first kappa shape index (κ1) is 18.7. The van der Waals surface area contributed by atoms with Crippen LogP contribution in [0.2, 0.25) is 0 Å². The van der Waals surface area contributed by atoms with Gasteiger partial charge in [-0.3, -0.25) is 14.9 Å². The fraction of sp³-hybridized carbons (Fsp3) is 0.950. The van der Waals surface area contributed by atoms with Gasteiger partial charge in [-0.05, 0) is 82.6 Å². The third-order valence-corrected chi connectivity index (χ3v) is 7.30. The third-order valence-electron chi connectivity index (χ3n) is 7.30. The van der Waals surface area contributed by atoms with Gasteiger partial charge in [0.25, 0.3) is 0 Å². The van der Waals surface area contributed by atoms with E-state index in [0.29, 0.717) is 35.7 Å². The van der Waals surface area contributed by atoms with Crippen molar-refractivity contribution in [3.8, 4) is 0 Å². The lowest BCUT2D eigenvalue weighted by molar-refractivity contribution is -0.127. The lowest BCUT2D eigenvalue weighted by Crippen LogP contribution is -2.49. The van der Waals surface area contributed by atoms with Gasteiger partial charge in [-0.1, -0.05) is 6.92 Å². The van der Waals surface area contributed by atoms with Crippen LogP contribution in [0.4, 0.5) is 0 Å². The van der Waals surface area contributed by atoms with Crippen molar-refractivity contribution in [2.75, 3.05) is 6.54 Å². The van der Waals surface area contributed by atoms with Gasteiger partial charge in [0.15, 0.2) is 0 Å². The molecule has 2 saturated carbocycles. The van der Waals surface area contributed by atoms with E-state index in [1.807, 2.05) is 0 Å². The fourth-order valence-electron chi connectivity index (χ4n) is 5.85. The smallest absolute Gasteiger partial charge is 0.223 e. The molecule has 4 rings (SSSR count). The summed E-state index contributed by atoms with van der Waals surface area (Å²) in [6, 6.07) is 0.880. The molecule has 2 aliphatic carbocycles. The van der Waals surface area contributed by atoms with Crippen LogP contribution in [0.25, 0.3) is 0 Å². The number of carbonyl (C=O) groups is 1. The fourth-order valence-corrected chi connectivity index (χ4v) is 5.85. The predicted octanol–water partition coefficient (Wildman–Crippen LogP) is 1.87. The minimum atomic E-state index is 0.146. The second-order valence-electron chi connectivity index (χ2n) is 9.04. The second-order valence-corrected chi connectivity index (χ2v) is 9.04. The molecular formula is C20H36N4O2. The summed E-state index contributed by atoms with van der Waals surface area (Å²) in [5.74, 6) is 2.51. The molecular weight excluding hydrogens is 328 g/mol. The van der Waals surface area contributed by atoms with Gasteiger partial charge >= 0.3 is 0 Å². The predicted molar refractivity (Wildman–Crippen MR) is 101 cm³/mol. The van der Waals surface area contributed by atoms with Crippen LogP contribution in [0.5, 0.6) is 0 Å². The Hall–Kier alpha value is -0.690. The summed E-state index contributed by atoms with van der Waals surface area (Å²) in [4.78, 5) is 18.5. The Morgan fingerprint density at radius 1 is 1.12 bits per heavy atom. The molecule has 4 aliphatic rings. The average molecular weight is 365 g/mol. The van der Waals surface area contributed by atoms with Gasteiger partial charge in [0.05, 0.1) is 6.17 Å². The number of rotatable bonds is 4. The van der Waals surface area contributed by atoms with Crippen LogP contribution in [-0.4, -0.2) is 36.9 Å². The van der Waals surface area contributed by atoms with Crippen LogP contribution in [0.1, 0.15) is 65.2 Å². The summed E-state index contributed by atoms with van der Waals surface area (Å²) >= 11 is 0. The molecule has 4 fully saturated rings. The van der Waals surface area contributed by atoms with Crippen LogP contribution in [0, 0.1) is 23.7 Å². The zero-order chi connectivity index (χ0) is 18.1. The molecule has 0 aromatic carbocycles. The van der Waals surface area contributed by atoms with Crippen molar-refractivity contribution in [2.45, 2.75) is 89.7 Å². The Labute approximate surface area is 157 Å². The van der Waals surface area contributed by atoms with E-state index in [0.717, 1.165) is 32.2 Å². The van der Waals surface area contributed by atoms with Crippen LogP contribution in [0.15, 0.2) is 0 Å². The van der Waals surface area contributed by atoms with Crippen molar-refractivity contribution in [1.29, 1.82) is 0 Å². The molecule has 4 N–H and O–H groups in total. The Bertz CT molecular complexity index is 502. The van der Waals surface area contributed by atoms with Gasteiger partial charge < -0.3 is 10.6 Å². The van der Waals surface area contributed by atoms with E-state index in [1.54, 1.807) is 0 Å². The maximum atomic E-state index is 12.9. The Kier molecular flexibility index (Phi) is 5.84. The number of hydrogen-bond acceptors (Lipinski definition) is 5. The molecule has 0 aromatic heterocycles. The molecule has 26 heavy (non-hydrogen) atoms. The highest BCUT2D eigenvalue weighted by Gasteiger charge is 2.45. The maximum absolute atomic E-state index is 12.9. The van der Waals surface area contributed by atoms with Crippen molar-refractivity contribution in [3.63, 3.8) is 0 Å². The first-order valence-electron chi connectivity index (χ1n) is 10.8. The third kappa shape index (κ3) is 3.93. The number of amides is 1. The molecule has 148 valence electrons. The van der Waals surface area contributed by atoms with Crippen molar-refractivity contribution < 1.29 is 9.63 Å². The second kappa shape index (κ2) is 8.13. The normalized spacial score (nSPS) is 46.1. The number of hydrogen-bond donors (Lipinski definition) is 4. The molecule has 8 atom stereocenters. The zero-order valence-corrected chi connectivity index (χ0v) is 16.3. The minimum Gasteiger partial charge on any atom is -0.353 e. The van der Waals surface area contributed by atoms with Crippen molar-refractivity contribution >= 4 is 5.91 Å². The highest BCUT2D eigenvalue weighted by atomic mass is 16.7. The standard InChI is InChI=1S/C20H36N4O2/c1-3-18-23-19(24-26-18)14-5-6-16-13(11-14)4-7-17(16)20(25)22-15-8-9-21-12(2)10-15/h12-19,21,23-24H,3-11H2,1-2H3,(H,22,25)/t12?,13?,14?,15?,16?,17-,18?,19?/m0/s1. The topological polar surface area (TPSA) is 74.4 Å². The summed E-state index contributed by atoms with van der Waals surface area (Å²) in [5.41, 5.74) is 3.20. The minimum absolute atomic E-state index is 0.146. The molecule has 6 nitrogen and oxygen atoms in total. The number of hydroxylamine groups is 1. The highest BCUT2D eigenvalue weighted by Crippen LogP contribution is 2.48. The molecule has 2 heterocycles. The van der Waals surface area contributed by atoms with Crippen LogP contribution >= 0.6 is 0 Å². The van der Waals surface area contributed by atoms with E-state index >= 15 is 0 Å². The van der Waals surface area contributed by atoms with E-state index in [1.165, 1.54) is 25.7 Å². The van der Waals surface area contributed by atoms with E-state index < -0.39 is 0 Å². The highest BCUT2D eigenvalue weighted by molar-refractivity contribution is 5.79. The molecule has 2 aliphatic heterocycles. The summed E-state index contributed by atoms with van der Waals surface area (Å²) in [5, 5.41) is 10.4. The average Bonchev–Trinajstić information content (AvgIpc) is 3.28. The van der Waals surface area contributed by atoms with Crippen LogP contribution in [-0.2, 0) is 9.63 Å². The summed E-state index contributed by atoms with van der Waals surface area (Å²) < 4.78 is 0. The molecule has 2 saturated heterocycles. The molecule has 1 amide bonds. The summed E-state index contributed by atoms with van der Waals surface area (Å²) in [7, 11) is 0. The number of carbonyl (C=O) groups excluding carboxylic acids is 1. The maximum Gasteiger partial charge on any atom is 0.223 e. The Morgan fingerprint density at radius 3 is 2.73 bits per heavy atom. The molecule has 7 unspecified atom stereocenters. The lowest BCUT2D eigenvalue weighted by Gasteiger charge is -2.37. The van der Waals surface area contributed by atoms with Gasteiger partial charge in [-0.15, -0.1) is 0 Å². The van der Waals surface area contributed by atoms with E-state index in [2.05, 4.69) is 35.3 Å². The Balaban J connectivity index is 1.29. The van der Waals surface area contributed by atoms with E-state index in [-0.39, 0.29) is 18.3 Å². The summed E-state index contributed by atoms with van der Waals surface area (Å²) in [6.45, 7) is 5.37. The molecule has 6 heteroatoms. The van der Waals surface area contributed by atoms with E-state index in [9.17, 15) is 4.79 Å². The zero-order valence-electron chi connectivity index (χ0n) is 16.3. The van der Waals surface area contributed by atoms with E-state index in [4.69, 9.17) is 4.84 Å². The van der Waals surface area contributed by atoms with Crippen molar-refractivity contribution in [1.82, 2.24) is 21.4 Å². The van der Waals surface area contributed by atoms with Gasteiger partial charge in [0.1, 0.15) is 6.23 Å². The van der Waals surface area contributed by atoms with Crippen molar-refractivity contribution in [3.05, 3.63) is 0 Å². The molecule has 0 radical (unpaired) electrons. The van der Waals surface area contributed by atoms with Gasteiger partial charge in [0, 0.05) is 18.0 Å². The Morgan fingerprint density at radius 2 is 1.96 bits per heavy atom. The number of fused-ring (bicyclic) bond motifs is 1. The molecule has 0 spiro atoms. The SMILES string of the molecule is CCC1NC(C2CCC3C(CC[C@@H]3C(=O)NC3CCNC(C)C3)C2)NO1. The van der Waals surface area contributed by atoms with Crippen molar-refractivity contribution in [2.24, 2.45) is 23.7 Å². The molecule has 0 bridgehead atoms. The van der Waals surface area contributed by atoms with Gasteiger partial charge in [-0.25, -0.2) is 0 Å². The number of piperidine rings is 1. The largest absolute Gasteiger partial charge is 0.353 e. The van der Waals surface area contributed by atoms with Gasteiger partial charge in [0.2, 0.25) is 5.91 Å². The first-order valence-corrected chi connectivity index (χ1v) is 10.8. The monoisotopic (exact) mass is 364 g/mol. The molecule has 0 aromatic rings. The summed E-state index contributed by atoms with van der Waals surface area (Å²) in [6.07, 6.45) is 9.44. The lowest BCUT2D eigenvalue weighted by atomic mass is 9.72. The quantitative estimate of drug-likeness (QED) is 0.613. The number of nitrogens with one attached hydrogen (secondary N) is 4. The van der Waals surface area contributed by atoms with Gasteiger partial charge in [-0.2, -0.15) is 5.48 Å².